The van der Waals surface area contributed by atoms with Crippen LogP contribution < -0.4 is 10.6 Å². The Morgan fingerprint density at radius 1 is 1.26 bits per heavy atom. The minimum absolute atomic E-state index is 0.00956. The molecule has 0 unspecified atom stereocenters. The molecule has 0 radical (unpaired) electrons. The largest absolute Gasteiger partial charge is 0.355 e. The molecular weight excluding hydrogens is 292 g/mol. The molecule has 0 spiro atoms. The molecule has 0 bridgehead atoms. The zero-order chi connectivity index (χ0) is 15.6. The number of nitrogens with zero attached hydrogens (tertiary/aromatic N) is 4. The third-order valence-corrected chi connectivity index (χ3v) is 3.74. The molecule has 2 N–H and O–H groups in total. The highest BCUT2D eigenvalue weighted by Gasteiger charge is 2.18. The highest BCUT2D eigenvalue weighted by atomic mass is 16.1. The fourth-order valence-corrected chi connectivity index (χ4v) is 2.63. The van der Waals surface area contributed by atoms with Gasteiger partial charge in [-0.15, -0.1) is 0 Å². The summed E-state index contributed by atoms with van der Waals surface area (Å²) < 4.78 is 1.70. The molecule has 114 valence electrons. The SMILES string of the molecule is O=C1Cc2nccc(Nc3cccc(-n4cncn4)c3)c2CN1. The molecule has 0 fully saturated rings. The van der Waals surface area contributed by atoms with E-state index in [9.17, 15) is 4.79 Å². The molecule has 7 heteroatoms. The number of hydrogen-bond donors (Lipinski definition) is 2. The number of fused-ring (bicyclic) bond motifs is 1. The monoisotopic (exact) mass is 306 g/mol. The third kappa shape index (κ3) is 2.64. The normalized spacial score (nSPS) is 13.3. The Balaban J connectivity index is 1.65. The van der Waals surface area contributed by atoms with Crippen molar-refractivity contribution in [3.8, 4) is 5.69 Å². The van der Waals surface area contributed by atoms with Gasteiger partial charge < -0.3 is 10.6 Å². The number of aromatic nitrogens is 4. The fourth-order valence-electron chi connectivity index (χ4n) is 2.63. The summed E-state index contributed by atoms with van der Waals surface area (Å²) in [5, 5.41) is 10.4. The predicted octanol–water partition coefficient (Wildman–Crippen LogP) is 1.58. The Hall–Kier alpha value is -3.22. The average molecular weight is 306 g/mol. The van der Waals surface area contributed by atoms with Gasteiger partial charge in [-0.05, 0) is 24.3 Å². The van der Waals surface area contributed by atoms with Crippen molar-refractivity contribution in [2.75, 3.05) is 5.32 Å². The van der Waals surface area contributed by atoms with Gasteiger partial charge >= 0.3 is 0 Å². The van der Waals surface area contributed by atoms with Crippen LogP contribution in [0.3, 0.4) is 0 Å². The zero-order valence-corrected chi connectivity index (χ0v) is 12.2. The first-order valence-electron chi connectivity index (χ1n) is 7.25. The van der Waals surface area contributed by atoms with Crippen molar-refractivity contribution in [1.29, 1.82) is 0 Å². The Labute approximate surface area is 132 Å². The first kappa shape index (κ1) is 13.4. The van der Waals surface area contributed by atoms with Crippen LogP contribution >= 0.6 is 0 Å². The molecule has 0 atom stereocenters. The third-order valence-electron chi connectivity index (χ3n) is 3.74. The second-order valence-electron chi connectivity index (χ2n) is 5.25. The van der Waals surface area contributed by atoms with Gasteiger partial charge in [-0.25, -0.2) is 9.67 Å². The Morgan fingerprint density at radius 3 is 3.09 bits per heavy atom. The number of amides is 1. The van der Waals surface area contributed by atoms with Crippen LogP contribution in [0.5, 0.6) is 0 Å². The van der Waals surface area contributed by atoms with Gasteiger partial charge in [0.2, 0.25) is 5.91 Å². The standard InChI is InChI=1S/C16H14N6O/c23-16-7-15-13(8-19-16)14(4-5-18-15)21-11-2-1-3-12(6-11)22-10-17-9-20-22/h1-6,9-10H,7-8H2,(H,18,21)(H,19,23). The van der Waals surface area contributed by atoms with Crippen molar-refractivity contribution in [2.45, 2.75) is 13.0 Å². The van der Waals surface area contributed by atoms with E-state index < -0.39 is 0 Å². The summed E-state index contributed by atoms with van der Waals surface area (Å²) >= 11 is 0. The van der Waals surface area contributed by atoms with Gasteiger partial charge in [0.15, 0.2) is 0 Å². The highest BCUT2D eigenvalue weighted by molar-refractivity contribution is 5.81. The van der Waals surface area contributed by atoms with Crippen LogP contribution in [0.1, 0.15) is 11.3 Å². The van der Waals surface area contributed by atoms with E-state index in [1.54, 1.807) is 17.2 Å². The van der Waals surface area contributed by atoms with E-state index in [1.165, 1.54) is 6.33 Å². The van der Waals surface area contributed by atoms with Gasteiger partial charge in [-0.3, -0.25) is 9.78 Å². The van der Waals surface area contributed by atoms with Crippen LogP contribution in [0, 0.1) is 0 Å². The van der Waals surface area contributed by atoms with Crippen LogP contribution in [0.2, 0.25) is 0 Å². The fraction of sp³-hybridized carbons (Fsp3) is 0.125. The smallest absolute Gasteiger partial charge is 0.226 e. The average Bonchev–Trinajstić information content (AvgIpc) is 3.09. The van der Waals surface area contributed by atoms with Gasteiger partial charge in [0, 0.05) is 29.7 Å². The first-order valence-corrected chi connectivity index (χ1v) is 7.25. The first-order chi connectivity index (χ1) is 11.3. The van der Waals surface area contributed by atoms with Crippen LogP contribution in [0.4, 0.5) is 11.4 Å². The number of carbonyl (C=O) groups excluding carboxylic acids is 1. The quantitative estimate of drug-likeness (QED) is 0.767. The molecule has 23 heavy (non-hydrogen) atoms. The second kappa shape index (κ2) is 5.53. The number of benzene rings is 1. The summed E-state index contributed by atoms with van der Waals surface area (Å²) in [6.45, 7) is 0.493. The maximum absolute atomic E-state index is 11.5. The number of anilines is 2. The van der Waals surface area contributed by atoms with Crippen LogP contribution in [-0.2, 0) is 17.8 Å². The number of pyridine rings is 1. The van der Waals surface area contributed by atoms with E-state index in [1.807, 2.05) is 30.3 Å². The van der Waals surface area contributed by atoms with Crippen LogP contribution in [-0.4, -0.2) is 25.7 Å². The van der Waals surface area contributed by atoms with Crippen LogP contribution in [0.15, 0.2) is 49.2 Å². The van der Waals surface area contributed by atoms with Crippen molar-refractivity contribution in [1.82, 2.24) is 25.1 Å². The van der Waals surface area contributed by atoms with Gasteiger partial charge in [0.25, 0.3) is 0 Å². The Bertz CT molecular complexity index is 859. The summed E-state index contributed by atoms with van der Waals surface area (Å²) in [4.78, 5) is 19.8. The zero-order valence-electron chi connectivity index (χ0n) is 12.2. The minimum atomic E-state index is 0.00956. The van der Waals surface area contributed by atoms with E-state index in [0.717, 1.165) is 28.3 Å². The number of carbonyl (C=O) groups is 1. The maximum atomic E-state index is 11.5. The molecule has 3 aromatic rings. The van der Waals surface area contributed by atoms with Crippen LogP contribution in [0.25, 0.3) is 5.69 Å². The lowest BCUT2D eigenvalue weighted by Crippen LogP contribution is -2.31. The lowest BCUT2D eigenvalue weighted by atomic mass is 10.0. The van der Waals surface area contributed by atoms with Crippen molar-refractivity contribution in [3.63, 3.8) is 0 Å². The maximum Gasteiger partial charge on any atom is 0.226 e. The lowest BCUT2D eigenvalue weighted by molar-refractivity contribution is -0.121. The molecule has 1 aliphatic heterocycles. The second-order valence-corrected chi connectivity index (χ2v) is 5.25. The van der Waals surface area contributed by atoms with E-state index in [4.69, 9.17) is 0 Å². The summed E-state index contributed by atoms with van der Waals surface area (Å²) in [6, 6.07) is 9.80. The highest BCUT2D eigenvalue weighted by Crippen LogP contribution is 2.25. The molecule has 0 aliphatic carbocycles. The molecule has 7 nitrogen and oxygen atoms in total. The number of hydrogen-bond acceptors (Lipinski definition) is 5. The van der Waals surface area contributed by atoms with Crippen molar-refractivity contribution >= 4 is 17.3 Å². The number of rotatable bonds is 3. The predicted molar refractivity (Wildman–Crippen MR) is 84.4 cm³/mol. The topological polar surface area (TPSA) is 84.7 Å². The Morgan fingerprint density at radius 2 is 2.22 bits per heavy atom. The minimum Gasteiger partial charge on any atom is -0.355 e. The molecule has 0 saturated carbocycles. The van der Waals surface area contributed by atoms with Crippen molar-refractivity contribution in [3.05, 3.63) is 60.4 Å². The number of nitrogens with one attached hydrogen (secondary N) is 2. The van der Waals surface area contributed by atoms with Gasteiger partial charge in [0.1, 0.15) is 12.7 Å². The molecular formula is C16H14N6O. The summed E-state index contributed by atoms with van der Waals surface area (Å²) in [5.74, 6) is 0.00956. The summed E-state index contributed by atoms with van der Waals surface area (Å²) in [5.41, 5.74) is 4.65. The molecule has 2 aromatic heterocycles. The molecule has 0 saturated heterocycles. The van der Waals surface area contributed by atoms with Gasteiger partial charge in [-0.2, -0.15) is 5.10 Å². The molecule has 1 aromatic carbocycles. The van der Waals surface area contributed by atoms with Crippen molar-refractivity contribution < 1.29 is 4.79 Å². The van der Waals surface area contributed by atoms with E-state index in [-0.39, 0.29) is 5.91 Å². The summed E-state index contributed by atoms with van der Waals surface area (Å²) in [7, 11) is 0. The van der Waals surface area contributed by atoms with Gasteiger partial charge in [-0.1, -0.05) is 6.07 Å². The van der Waals surface area contributed by atoms with Crippen molar-refractivity contribution in [2.24, 2.45) is 0 Å². The van der Waals surface area contributed by atoms with Gasteiger partial charge in [0.05, 0.1) is 17.8 Å². The molecule has 4 rings (SSSR count). The van der Waals surface area contributed by atoms with E-state index in [2.05, 4.69) is 25.7 Å². The molecule has 3 heterocycles. The molecule has 1 aliphatic rings. The Kier molecular flexibility index (Phi) is 3.23. The lowest BCUT2D eigenvalue weighted by Gasteiger charge is -2.20. The van der Waals surface area contributed by atoms with E-state index in [0.29, 0.717) is 13.0 Å². The van der Waals surface area contributed by atoms with E-state index >= 15 is 0 Å². The summed E-state index contributed by atoms with van der Waals surface area (Å²) in [6.07, 6.45) is 5.20. The molecule has 1 amide bonds.